The van der Waals surface area contributed by atoms with Crippen LogP contribution in [0.3, 0.4) is 0 Å². The van der Waals surface area contributed by atoms with Crippen LogP contribution in [0.1, 0.15) is 17.0 Å². The maximum Gasteiger partial charge on any atom is 0.119 e. The first kappa shape index (κ1) is 17.5. The first-order valence-electron chi connectivity index (χ1n) is 5.97. The summed E-state index contributed by atoms with van der Waals surface area (Å²) in [4.78, 5) is 0. The quantitative estimate of drug-likeness (QED) is 0.432. The SMILES string of the molecule is COc1cccc([C@H](C#N)c2c(Cl)c(Cl)c(Cl)c(Cl)c2Cl)c1. The molecule has 0 saturated carbocycles. The van der Waals surface area contributed by atoms with Crippen LogP contribution in [-0.2, 0) is 0 Å². The van der Waals surface area contributed by atoms with E-state index < -0.39 is 5.92 Å². The molecule has 0 bridgehead atoms. The van der Waals surface area contributed by atoms with Crippen molar-refractivity contribution in [2.45, 2.75) is 5.92 Å². The highest BCUT2D eigenvalue weighted by Gasteiger charge is 2.26. The minimum absolute atomic E-state index is 0.0596. The first-order valence-corrected chi connectivity index (χ1v) is 7.86. The van der Waals surface area contributed by atoms with E-state index in [0.29, 0.717) is 16.9 Å². The number of benzene rings is 2. The van der Waals surface area contributed by atoms with Gasteiger partial charge in [0.2, 0.25) is 0 Å². The molecule has 1 atom stereocenters. The summed E-state index contributed by atoms with van der Waals surface area (Å²) in [6.45, 7) is 0. The van der Waals surface area contributed by atoms with Crippen LogP contribution in [0.4, 0.5) is 0 Å². The zero-order valence-electron chi connectivity index (χ0n) is 11.1. The van der Waals surface area contributed by atoms with Gasteiger partial charge >= 0.3 is 0 Å². The van der Waals surface area contributed by atoms with Crippen LogP contribution in [0.25, 0.3) is 0 Å². The standard InChI is InChI=1S/C15H8Cl5NO/c1-22-8-4-2-3-7(5-8)9(6-21)10-11(16)13(18)15(20)14(19)12(10)17/h2-5,9H,1H3/t9-/m0/s1. The Hall–Kier alpha value is -0.820. The first-order chi connectivity index (χ1) is 10.4. The van der Waals surface area contributed by atoms with E-state index in [1.807, 2.05) is 0 Å². The highest BCUT2D eigenvalue weighted by atomic mass is 35.5. The van der Waals surface area contributed by atoms with E-state index in [2.05, 4.69) is 6.07 Å². The highest BCUT2D eigenvalue weighted by Crippen LogP contribution is 2.47. The molecule has 114 valence electrons. The summed E-state index contributed by atoms with van der Waals surface area (Å²) < 4.78 is 5.16. The largest absolute Gasteiger partial charge is 0.497 e. The average molecular weight is 396 g/mol. The molecule has 0 fully saturated rings. The van der Waals surface area contributed by atoms with Crippen LogP contribution >= 0.6 is 58.0 Å². The molecule has 0 radical (unpaired) electrons. The van der Waals surface area contributed by atoms with Crippen LogP contribution in [-0.4, -0.2) is 7.11 Å². The fourth-order valence-electron chi connectivity index (χ4n) is 2.00. The lowest BCUT2D eigenvalue weighted by molar-refractivity contribution is 0.414. The molecular formula is C15H8Cl5NO. The fourth-order valence-corrected chi connectivity index (χ4v) is 3.37. The molecule has 0 aliphatic rings. The normalized spacial score (nSPS) is 11.9. The Labute approximate surface area is 153 Å². The van der Waals surface area contributed by atoms with Gasteiger partial charge in [-0.1, -0.05) is 70.1 Å². The fraction of sp³-hybridized carbons (Fsp3) is 0.133. The number of ether oxygens (including phenoxy) is 1. The lowest BCUT2D eigenvalue weighted by atomic mass is 9.92. The van der Waals surface area contributed by atoms with Crippen molar-refractivity contribution in [1.82, 2.24) is 0 Å². The van der Waals surface area contributed by atoms with E-state index in [1.165, 1.54) is 7.11 Å². The van der Waals surface area contributed by atoms with E-state index in [1.54, 1.807) is 24.3 Å². The molecule has 0 amide bonds. The van der Waals surface area contributed by atoms with Crippen molar-refractivity contribution in [1.29, 1.82) is 5.26 Å². The predicted molar refractivity (Wildman–Crippen MR) is 91.9 cm³/mol. The molecule has 2 aromatic rings. The van der Waals surface area contributed by atoms with Crippen LogP contribution in [0.5, 0.6) is 5.75 Å². The van der Waals surface area contributed by atoms with Crippen LogP contribution < -0.4 is 4.74 Å². The average Bonchev–Trinajstić information content (AvgIpc) is 2.55. The molecule has 0 aliphatic heterocycles. The van der Waals surface area contributed by atoms with Crippen LogP contribution in [0.2, 0.25) is 25.1 Å². The molecule has 7 heteroatoms. The summed E-state index contributed by atoms with van der Waals surface area (Å²) in [7, 11) is 1.54. The summed E-state index contributed by atoms with van der Waals surface area (Å²) >= 11 is 30.6. The van der Waals surface area contributed by atoms with Gasteiger partial charge in [-0.3, -0.25) is 0 Å². The second-order valence-corrected chi connectivity index (χ2v) is 6.21. The van der Waals surface area contributed by atoms with Crippen molar-refractivity contribution in [2.75, 3.05) is 7.11 Å². The molecule has 0 aromatic heterocycles. The number of nitrogens with zero attached hydrogens (tertiary/aromatic N) is 1. The molecule has 22 heavy (non-hydrogen) atoms. The van der Waals surface area contributed by atoms with Crippen molar-refractivity contribution in [2.24, 2.45) is 0 Å². The van der Waals surface area contributed by atoms with Gasteiger partial charge in [0.1, 0.15) is 5.75 Å². The lowest BCUT2D eigenvalue weighted by Crippen LogP contribution is -2.02. The van der Waals surface area contributed by atoms with Gasteiger partial charge < -0.3 is 4.74 Å². The third-order valence-electron chi connectivity index (χ3n) is 3.09. The number of hydrogen-bond donors (Lipinski definition) is 0. The van der Waals surface area contributed by atoms with E-state index in [0.717, 1.165) is 0 Å². The summed E-state index contributed by atoms with van der Waals surface area (Å²) in [5, 5.41) is 9.97. The Morgan fingerprint density at radius 2 is 1.50 bits per heavy atom. The molecule has 2 rings (SSSR count). The minimum Gasteiger partial charge on any atom is -0.497 e. The Morgan fingerprint density at radius 1 is 0.955 bits per heavy atom. The van der Waals surface area contributed by atoms with E-state index in [4.69, 9.17) is 62.7 Å². The summed E-state index contributed by atoms with van der Waals surface area (Å²) in [6, 6.07) is 9.17. The zero-order valence-corrected chi connectivity index (χ0v) is 14.9. The van der Waals surface area contributed by atoms with Gasteiger partial charge in [-0.05, 0) is 17.7 Å². The topological polar surface area (TPSA) is 33.0 Å². The smallest absolute Gasteiger partial charge is 0.119 e. The van der Waals surface area contributed by atoms with Crippen molar-refractivity contribution in [3.63, 3.8) is 0 Å². The maximum absolute atomic E-state index is 9.57. The van der Waals surface area contributed by atoms with Gasteiger partial charge in [0.25, 0.3) is 0 Å². The molecule has 2 nitrogen and oxygen atoms in total. The Bertz CT molecular complexity index is 740. The zero-order chi connectivity index (χ0) is 16.4. The van der Waals surface area contributed by atoms with Gasteiger partial charge in [-0.25, -0.2) is 0 Å². The highest BCUT2D eigenvalue weighted by molar-refractivity contribution is 6.55. The summed E-state index contributed by atoms with van der Waals surface area (Å²) in [6.07, 6.45) is 0. The number of halogens is 5. The number of methoxy groups -OCH3 is 1. The number of nitriles is 1. The Kier molecular flexibility index (Phi) is 5.71. The number of rotatable bonds is 3. The Morgan fingerprint density at radius 3 is 2.00 bits per heavy atom. The molecule has 0 heterocycles. The molecule has 2 aromatic carbocycles. The third-order valence-corrected chi connectivity index (χ3v) is 5.39. The van der Waals surface area contributed by atoms with Crippen molar-refractivity contribution < 1.29 is 4.74 Å². The predicted octanol–water partition coefficient (Wildman–Crippen LogP) is 6.62. The maximum atomic E-state index is 9.57. The summed E-state index contributed by atoms with van der Waals surface area (Å²) in [5.41, 5.74) is 0.971. The van der Waals surface area contributed by atoms with E-state index in [-0.39, 0.29) is 25.1 Å². The second-order valence-electron chi connectivity index (χ2n) is 4.32. The van der Waals surface area contributed by atoms with Gasteiger partial charge in [0.15, 0.2) is 0 Å². The molecule has 0 unspecified atom stereocenters. The molecule has 0 N–H and O–H groups in total. The molecule has 0 aliphatic carbocycles. The van der Waals surface area contributed by atoms with Crippen molar-refractivity contribution in [3.8, 4) is 11.8 Å². The van der Waals surface area contributed by atoms with Gasteiger partial charge in [-0.2, -0.15) is 5.26 Å². The number of hydrogen-bond acceptors (Lipinski definition) is 2. The van der Waals surface area contributed by atoms with E-state index >= 15 is 0 Å². The van der Waals surface area contributed by atoms with Crippen LogP contribution in [0.15, 0.2) is 24.3 Å². The molecule has 0 spiro atoms. The van der Waals surface area contributed by atoms with Gasteiger partial charge in [0.05, 0.1) is 44.2 Å². The monoisotopic (exact) mass is 393 g/mol. The Balaban J connectivity index is 2.70. The molecule has 0 saturated heterocycles. The van der Waals surface area contributed by atoms with Gasteiger partial charge in [-0.15, -0.1) is 0 Å². The van der Waals surface area contributed by atoms with Crippen LogP contribution in [0, 0.1) is 11.3 Å². The van der Waals surface area contributed by atoms with Gasteiger partial charge in [0, 0.05) is 5.56 Å². The third kappa shape index (κ3) is 3.11. The van der Waals surface area contributed by atoms with Crippen molar-refractivity contribution in [3.05, 3.63) is 60.5 Å². The van der Waals surface area contributed by atoms with E-state index in [9.17, 15) is 5.26 Å². The lowest BCUT2D eigenvalue weighted by Gasteiger charge is -2.17. The van der Waals surface area contributed by atoms with Crippen molar-refractivity contribution >= 4 is 58.0 Å². The molecular weight excluding hydrogens is 387 g/mol. The second kappa shape index (κ2) is 7.17. The minimum atomic E-state index is -0.762. The summed E-state index contributed by atoms with van der Waals surface area (Å²) in [5.74, 6) is -0.154.